The van der Waals surface area contributed by atoms with Crippen molar-refractivity contribution in [2.75, 3.05) is 14.1 Å². The minimum absolute atomic E-state index is 0.310. The molecule has 1 atom stereocenters. The molecular weight excluding hydrogens is 336 g/mol. The van der Waals surface area contributed by atoms with Crippen molar-refractivity contribution in [1.82, 2.24) is 4.90 Å². The number of rotatable bonds is 3. The highest BCUT2D eigenvalue weighted by Crippen LogP contribution is 2.34. The second-order valence-electron chi connectivity index (χ2n) is 6.56. The summed E-state index contributed by atoms with van der Waals surface area (Å²) < 4.78 is 27.7. The summed E-state index contributed by atoms with van der Waals surface area (Å²) in [5.74, 6) is 0.108. The van der Waals surface area contributed by atoms with E-state index in [2.05, 4.69) is 10.1 Å². The first-order chi connectivity index (χ1) is 12.3. The molecule has 2 aromatic rings. The number of oxime groups is 1. The number of aliphatic imine (C=N–C) groups is 1. The maximum atomic E-state index is 14.7. The van der Waals surface area contributed by atoms with Crippen LogP contribution < -0.4 is 0 Å². The van der Waals surface area contributed by atoms with Gasteiger partial charge >= 0.3 is 0 Å². The number of aryl methyl sites for hydroxylation is 1. The molecule has 2 aromatic carbocycles. The second-order valence-corrected chi connectivity index (χ2v) is 6.56. The van der Waals surface area contributed by atoms with Crippen molar-refractivity contribution in [3.8, 4) is 0 Å². The zero-order valence-corrected chi connectivity index (χ0v) is 15.3. The van der Waals surface area contributed by atoms with Crippen molar-refractivity contribution in [2.24, 2.45) is 10.1 Å². The molecule has 1 aliphatic rings. The molecule has 6 heteroatoms. The van der Waals surface area contributed by atoms with Crippen LogP contribution in [0.25, 0.3) is 0 Å². The van der Waals surface area contributed by atoms with Crippen molar-refractivity contribution in [3.63, 3.8) is 0 Å². The summed E-state index contributed by atoms with van der Waals surface area (Å²) in [6, 6.07) is 9.21. The van der Waals surface area contributed by atoms with E-state index in [0.29, 0.717) is 23.4 Å². The number of amidine groups is 1. The third kappa shape index (κ3) is 3.74. The van der Waals surface area contributed by atoms with Crippen LogP contribution >= 0.6 is 0 Å². The van der Waals surface area contributed by atoms with Gasteiger partial charge in [0, 0.05) is 32.1 Å². The highest BCUT2D eigenvalue weighted by molar-refractivity contribution is 6.01. The molecule has 1 unspecified atom stereocenters. The Balaban J connectivity index is 1.82. The van der Waals surface area contributed by atoms with Crippen LogP contribution in [0.2, 0.25) is 0 Å². The van der Waals surface area contributed by atoms with E-state index in [1.165, 1.54) is 18.2 Å². The molecule has 1 aliphatic heterocycles. The van der Waals surface area contributed by atoms with E-state index in [9.17, 15) is 8.78 Å². The second kappa shape index (κ2) is 7.23. The molecule has 136 valence electrons. The van der Waals surface area contributed by atoms with E-state index >= 15 is 0 Å². The standard InChI is InChI=1S/C20H21F2N3O/c1-12-9-16(17(22)10-18(12)23-13(2)25(3)4)20-11-19(24-26-20)14-5-7-15(21)8-6-14/h5-10,20H,11H2,1-4H3. The lowest BCUT2D eigenvalue weighted by molar-refractivity contribution is 0.0829. The molecule has 0 amide bonds. The average Bonchev–Trinajstić information content (AvgIpc) is 3.08. The summed E-state index contributed by atoms with van der Waals surface area (Å²) in [4.78, 5) is 11.8. The van der Waals surface area contributed by atoms with Gasteiger partial charge in [-0.05, 0) is 43.2 Å². The molecule has 0 aromatic heterocycles. The van der Waals surface area contributed by atoms with Crippen molar-refractivity contribution in [3.05, 3.63) is 64.7 Å². The fraction of sp³-hybridized carbons (Fsp3) is 0.300. The first kappa shape index (κ1) is 18.0. The summed E-state index contributed by atoms with van der Waals surface area (Å²) >= 11 is 0. The highest BCUT2D eigenvalue weighted by Gasteiger charge is 2.27. The number of nitrogens with zero attached hydrogens (tertiary/aromatic N) is 3. The average molecular weight is 357 g/mol. The molecule has 3 rings (SSSR count). The number of hydrogen-bond donors (Lipinski definition) is 0. The van der Waals surface area contributed by atoms with Crippen molar-refractivity contribution >= 4 is 17.2 Å². The van der Waals surface area contributed by atoms with Crippen LogP contribution in [0.4, 0.5) is 14.5 Å². The quantitative estimate of drug-likeness (QED) is 0.587. The molecule has 0 aliphatic carbocycles. The molecule has 26 heavy (non-hydrogen) atoms. The zero-order valence-electron chi connectivity index (χ0n) is 15.3. The monoisotopic (exact) mass is 357 g/mol. The molecule has 0 bridgehead atoms. The largest absolute Gasteiger partial charge is 0.387 e. The third-order valence-corrected chi connectivity index (χ3v) is 4.44. The predicted molar refractivity (Wildman–Crippen MR) is 99.0 cm³/mol. The first-order valence-electron chi connectivity index (χ1n) is 8.36. The lowest BCUT2D eigenvalue weighted by atomic mass is 9.98. The van der Waals surface area contributed by atoms with Crippen LogP contribution in [0.15, 0.2) is 46.5 Å². The van der Waals surface area contributed by atoms with E-state index in [0.717, 1.165) is 17.0 Å². The van der Waals surface area contributed by atoms with Crippen LogP contribution in [0.3, 0.4) is 0 Å². The van der Waals surface area contributed by atoms with Gasteiger partial charge < -0.3 is 9.74 Å². The van der Waals surface area contributed by atoms with Gasteiger partial charge in [0.2, 0.25) is 0 Å². The van der Waals surface area contributed by atoms with Crippen LogP contribution in [-0.4, -0.2) is 30.5 Å². The van der Waals surface area contributed by atoms with Gasteiger partial charge in [0.1, 0.15) is 17.5 Å². The molecule has 0 saturated carbocycles. The topological polar surface area (TPSA) is 37.2 Å². The highest BCUT2D eigenvalue weighted by atomic mass is 19.1. The fourth-order valence-electron chi connectivity index (χ4n) is 2.69. The molecule has 0 radical (unpaired) electrons. The van der Waals surface area contributed by atoms with Crippen LogP contribution in [0.1, 0.15) is 36.1 Å². The first-order valence-corrected chi connectivity index (χ1v) is 8.36. The minimum atomic E-state index is -0.498. The summed E-state index contributed by atoms with van der Waals surface area (Å²) in [5.41, 5.74) is 3.35. The summed E-state index contributed by atoms with van der Waals surface area (Å²) in [5, 5.41) is 4.05. The third-order valence-electron chi connectivity index (χ3n) is 4.44. The van der Waals surface area contributed by atoms with Gasteiger partial charge in [0.25, 0.3) is 0 Å². The van der Waals surface area contributed by atoms with Gasteiger partial charge in [-0.3, -0.25) is 0 Å². The summed E-state index contributed by atoms with van der Waals surface area (Å²) in [6.45, 7) is 3.76. The normalized spacial score (nSPS) is 17.1. The van der Waals surface area contributed by atoms with E-state index < -0.39 is 6.10 Å². The Hall–Kier alpha value is -2.76. The summed E-state index contributed by atoms with van der Waals surface area (Å²) in [6.07, 6.45) is -0.0665. The van der Waals surface area contributed by atoms with Gasteiger partial charge in [-0.1, -0.05) is 17.3 Å². The van der Waals surface area contributed by atoms with Crippen LogP contribution in [0.5, 0.6) is 0 Å². The van der Waals surface area contributed by atoms with Crippen LogP contribution in [-0.2, 0) is 4.84 Å². The Kier molecular flexibility index (Phi) is 5.02. The zero-order chi connectivity index (χ0) is 18.8. The Bertz CT molecular complexity index is 873. The number of halogens is 2. The van der Waals surface area contributed by atoms with Gasteiger partial charge in [-0.25, -0.2) is 13.8 Å². The Morgan fingerprint density at radius 3 is 2.54 bits per heavy atom. The fourth-order valence-corrected chi connectivity index (χ4v) is 2.69. The van der Waals surface area contributed by atoms with E-state index in [-0.39, 0.29) is 11.6 Å². The van der Waals surface area contributed by atoms with E-state index in [4.69, 9.17) is 4.84 Å². The predicted octanol–water partition coefficient (Wildman–Crippen LogP) is 4.75. The van der Waals surface area contributed by atoms with Gasteiger partial charge in [-0.2, -0.15) is 0 Å². The smallest absolute Gasteiger partial charge is 0.161 e. The minimum Gasteiger partial charge on any atom is -0.387 e. The molecule has 0 saturated heterocycles. The Labute approximate surface area is 151 Å². The lowest BCUT2D eigenvalue weighted by Gasteiger charge is -2.14. The Morgan fingerprint density at radius 1 is 1.19 bits per heavy atom. The van der Waals surface area contributed by atoms with Gasteiger partial charge in [0.15, 0.2) is 6.10 Å². The lowest BCUT2D eigenvalue weighted by Crippen LogP contribution is -2.17. The van der Waals surface area contributed by atoms with Crippen molar-refractivity contribution < 1.29 is 13.6 Å². The van der Waals surface area contributed by atoms with Gasteiger partial charge in [0.05, 0.1) is 11.4 Å². The molecule has 1 heterocycles. The Morgan fingerprint density at radius 2 is 1.88 bits per heavy atom. The number of hydrogen-bond acceptors (Lipinski definition) is 3. The molecule has 0 spiro atoms. The molecule has 0 fully saturated rings. The van der Waals surface area contributed by atoms with Crippen molar-refractivity contribution in [1.29, 1.82) is 0 Å². The SMILES string of the molecule is CC(=Nc1cc(F)c(C2CC(c3ccc(F)cc3)=NO2)cc1C)N(C)C. The van der Waals surface area contributed by atoms with Gasteiger partial charge in [-0.15, -0.1) is 0 Å². The maximum Gasteiger partial charge on any atom is 0.161 e. The number of benzene rings is 2. The van der Waals surface area contributed by atoms with Crippen LogP contribution in [0, 0.1) is 18.6 Å². The van der Waals surface area contributed by atoms with E-state index in [1.807, 2.05) is 32.8 Å². The van der Waals surface area contributed by atoms with E-state index in [1.54, 1.807) is 18.2 Å². The van der Waals surface area contributed by atoms with Crippen molar-refractivity contribution in [2.45, 2.75) is 26.4 Å². The molecule has 4 nitrogen and oxygen atoms in total. The molecule has 0 N–H and O–H groups in total. The molecular formula is C20H21F2N3O. The summed E-state index contributed by atoms with van der Waals surface area (Å²) in [7, 11) is 3.78. The maximum absolute atomic E-state index is 14.7.